The summed E-state index contributed by atoms with van der Waals surface area (Å²) < 4.78 is 30.6. The molecule has 0 radical (unpaired) electrons. The van der Waals surface area contributed by atoms with Crippen molar-refractivity contribution in [1.29, 1.82) is 0 Å². The first-order chi connectivity index (χ1) is 16.5. The number of carbonyl (C=O) groups excluding carboxylic acids is 1. The van der Waals surface area contributed by atoms with Gasteiger partial charge in [-0.1, -0.05) is 45.0 Å². The summed E-state index contributed by atoms with van der Waals surface area (Å²) in [6.07, 6.45) is -0.905. The van der Waals surface area contributed by atoms with Crippen LogP contribution in [-0.4, -0.2) is 48.4 Å². The van der Waals surface area contributed by atoms with Gasteiger partial charge in [-0.25, -0.2) is 9.18 Å². The zero-order valence-corrected chi connectivity index (χ0v) is 20.7. The Bertz CT molecular complexity index is 1090. The average Bonchev–Trinajstić information content (AvgIpc) is 3.16. The number of carboxylic acid groups (broad SMARTS) is 1. The molecule has 1 saturated heterocycles. The van der Waals surface area contributed by atoms with Crippen LogP contribution in [0.2, 0.25) is 0 Å². The van der Waals surface area contributed by atoms with Gasteiger partial charge in [-0.3, -0.25) is 9.69 Å². The van der Waals surface area contributed by atoms with Crippen molar-refractivity contribution in [3.63, 3.8) is 0 Å². The van der Waals surface area contributed by atoms with Gasteiger partial charge in [0.25, 0.3) is 0 Å². The molecule has 9 heteroatoms. The van der Waals surface area contributed by atoms with Crippen LogP contribution < -0.4 is 15.2 Å². The van der Waals surface area contributed by atoms with Crippen molar-refractivity contribution in [2.24, 2.45) is 17.1 Å². The number of nitrogens with two attached hydrogens (primary N) is 1. The maximum Gasteiger partial charge on any atom is 0.408 e. The zero-order chi connectivity index (χ0) is 26.0. The summed E-state index contributed by atoms with van der Waals surface area (Å²) in [5.41, 5.74) is 4.89. The third-order valence-electron chi connectivity index (χ3n) is 6.73. The van der Waals surface area contributed by atoms with Gasteiger partial charge in [0.05, 0.1) is 19.8 Å². The molecule has 8 nitrogen and oxygen atoms in total. The normalized spacial score (nSPS) is 22.2. The second-order valence-corrected chi connectivity index (χ2v) is 9.83. The molecule has 2 aromatic rings. The maximum atomic E-state index is 14.0. The minimum absolute atomic E-state index is 0.00220. The Kier molecular flexibility index (Phi) is 7.59. The summed E-state index contributed by atoms with van der Waals surface area (Å²) in [5.74, 6) is -0.789. The van der Waals surface area contributed by atoms with E-state index in [-0.39, 0.29) is 19.0 Å². The van der Waals surface area contributed by atoms with Gasteiger partial charge in [-0.2, -0.15) is 0 Å². The lowest BCUT2D eigenvalue weighted by atomic mass is 9.68. The minimum atomic E-state index is -1.54. The number of halogens is 1. The molecule has 2 aromatic carbocycles. The van der Waals surface area contributed by atoms with Crippen LogP contribution in [0.1, 0.15) is 44.4 Å². The van der Waals surface area contributed by atoms with E-state index < -0.39 is 34.9 Å². The van der Waals surface area contributed by atoms with Gasteiger partial charge in [0.15, 0.2) is 17.0 Å². The Hall–Kier alpha value is -3.33. The highest BCUT2D eigenvalue weighted by Gasteiger charge is 2.62. The van der Waals surface area contributed by atoms with E-state index in [4.69, 9.17) is 19.9 Å². The maximum absolute atomic E-state index is 14.0. The second-order valence-electron chi connectivity index (χ2n) is 9.83. The van der Waals surface area contributed by atoms with Crippen molar-refractivity contribution < 1.29 is 33.3 Å². The number of methoxy groups -OCH3 is 2. The monoisotopic (exact) mass is 488 g/mol. The average molecular weight is 489 g/mol. The number of hydrogen-bond acceptors (Lipinski definition) is 5. The van der Waals surface area contributed by atoms with Crippen LogP contribution >= 0.6 is 0 Å². The summed E-state index contributed by atoms with van der Waals surface area (Å²) in [6.45, 7) is 5.70. The molecule has 3 N–H and O–H groups in total. The van der Waals surface area contributed by atoms with Gasteiger partial charge < -0.3 is 25.1 Å². The van der Waals surface area contributed by atoms with E-state index in [2.05, 4.69) is 0 Å². The molecule has 2 amide bonds. The minimum Gasteiger partial charge on any atom is -0.493 e. The Morgan fingerprint density at radius 2 is 1.86 bits per heavy atom. The molecule has 1 fully saturated rings. The standard InChI is InChI=1S/C26H33FN2O6/c1-25(2,3)22-13-19(29(24(31)32)26(22,15-33-4)23(28)30)16-10-11-20(21(12-16)34-5)35-14-17-8-6-7-9-18(17)27/h6-12,19,22H,13-15H2,1-5H3,(H2,28,30)(H,31,32)/t19-,22?,26+/m1/s1. The van der Waals surface area contributed by atoms with Crippen LogP contribution in [0.3, 0.4) is 0 Å². The molecule has 1 unspecified atom stereocenters. The zero-order valence-electron chi connectivity index (χ0n) is 20.7. The SMILES string of the molecule is COC[C@@]1(C(N)=O)C(C(C)(C)C)C[C@H](c2ccc(OCc3ccccc3F)c(OC)c2)N1C(=O)O. The van der Waals surface area contributed by atoms with Crippen LogP contribution in [-0.2, 0) is 16.1 Å². The quantitative estimate of drug-likeness (QED) is 0.571. The molecule has 190 valence electrons. The van der Waals surface area contributed by atoms with E-state index in [0.717, 1.165) is 4.90 Å². The van der Waals surface area contributed by atoms with Crippen LogP contribution in [0.4, 0.5) is 9.18 Å². The Morgan fingerprint density at radius 3 is 2.40 bits per heavy atom. The molecule has 1 heterocycles. The highest BCUT2D eigenvalue weighted by molar-refractivity contribution is 5.90. The number of likely N-dealkylation sites (tertiary alicyclic amines) is 1. The highest BCUT2D eigenvalue weighted by Crippen LogP contribution is 2.54. The largest absolute Gasteiger partial charge is 0.493 e. The molecule has 35 heavy (non-hydrogen) atoms. The Balaban J connectivity index is 2.01. The van der Waals surface area contributed by atoms with Crippen molar-refractivity contribution in [2.45, 2.75) is 45.4 Å². The van der Waals surface area contributed by atoms with Crippen molar-refractivity contribution >= 4 is 12.0 Å². The first-order valence-corrected chi connectivity index (χ1v) is 11.3. The molecule has 0 aromatic heterocycles. The fourth-order valence-electron chi connectivity index (χ4n) is 5.16. The van der Waals surface area contributed by atoms with Gasteiger partial charge in [-0.15, -0.1) is 0 Å². The lowest BCUT2D eigenvalue weighted by Crippen LogP contribution is -2.64. The summed E-state index contributed by atoms with van der Waals surface area (Å²) in [5, 5.41) is 10.2. The molecule has 0 spiro atoms. The molecule has 3 rings (SSSR count). The third-order valence-corrected chi connectivity index (χ3v) is 6.73. The molecule has 0 bridgehead atoms. The lowest BCUT2D eigenvalue weighted by molar-refractivity contribution is -0.137. The predicted molar refractivity (Wildman–Crippen MR) is 128 cm³/mol. The first-order valence-electron chi connectivity index (χ1n) is 11.3. The highest BCUT2D eigenvalue weighted by atomic mass is 19.1. The van der Waals surface area contributed by atoms with Crippen molar-refractivity contribution in [2.75, 3.05) is 20.8 Å². The fourth-order valence-corrected chi connectivity index (χ4v) is 5.16. The smallest absolute Gasteiger partial charge is 0.408 e. The number of ether oxygens (including phenoxy) is 3. The Morgan fingerprint density at radius 1 is 1.17 bits per heavy atom. The number of amides is 2. The van der Waals surface area contributed by atoms with Gasteiger partial charge >= 0.3 is 6.09 Å². The molecule has 0 saturated carbocycles. The number of primary amides is 1. The molecule has 1 aliphatic heterocycles. The molecule has 1 aliphatic rings. The molecular weight excluding hydrogens is 455 g/mol. The lowest BCUT2D eigenvalue weighted by Gasteiger charge is -2.43. The van der Waals surface area contributed by atoms with E-state index in [0.29, 0.717) is 29.0 Å². The van der Waals surface area contributed by atoms with Crippen molar-refractivity contribution in [3.8, 4) is 11.5 Å². The Labute approximate surface area is 204 Å². The van der Waals surface area contributed by atoms with Crippen molar-refractivity contribution in [1.82, 2.24) is 4.90 Å². The predicted octanol–water partition coefficient (Wildman–Crippen LogP) is 4.37. The van der Waals surface area contributed by atoms with E-state index in [1.165, 1.54) is 20.3 Å². The summed E-state index contributed by atoms with van der Waals surface area (Å²) in [6, 6.07) is 10.7. The van der Waals surface area contributed by atoms with E-state index in [9.17, 15) is 19.1 Å². The number of rotatable bonds is 8. The van der Waals surface area contributed by atoms with Gasteiger partial charge in [0, 0.05) is 18.6 Å². The van der Waals surface area contributed by atoms with Gasteiger partial charge in [0.1, 0.15) is 12.4 Å². The van der Waals surface area contributed by atoms with Gasteiger partial charge in [0.2, 0.25) is 5.91 Å². The first kappa shape index (κ1) is 26.3. The van der Waals surface area contributed by atoms with Crippen LogP contribution in [0.15, 0.2) is 42.5 Å². The fraction of sp³-hybridized carbons (Fsp3) is 0.462. The number of hydrogen-bond donors (Lipinski definition) is 2. The third kappa shape index (κ3) is 4.91. The summed E-state index contributed by atoms with van der Waals surface area (Å²) in [7, 11) is 2.89. The molecular formula is C26H33FN2O6. The van der Waals surface area contributed by atoms with E-state index >= 15 is 0 Å². The van der Waals surface area contributed by atoms with Gasteiger partial charge in [-0.05, 0) is 35.6 Å². The van der Waals surface area contributed by atoms with Crippen LogP contribution in [0, 0.1) is 17.2 Å². The number of nitrogens with zero attached hydrogens (tertiary/aromatic N) is 1. The summed E-state index contributed by atoms with van der Waals surface area (Å²) in [4.78, 5) is 26.5. The van der Waals surface area contributed by atoms with Crippen LogP contribution in [0.25, 0.3) is 0 Å². The molecule has 3 atom stereocenters. The topological polar surface area (TPSA) is 111 Å². The van der Waals surface area contributed by atoms with Crippen molar-refractivity contribution in [3.05, 3.63) is 59.4 Å². The van der Waals surface area contributed by atoms with E-state index in [1.54, 1.807) is 36.4 Å². The number of carbonyl (C=O) groups is 2. The molecule has 0 aliphatic carbocycles. The van der Waals surface area contributed by atoms with Crippen LogP contribution in [0.5, 0.6) is 11.5 Å². The van der Waals surface area contributed by atoms with E-state index in [1.807, 2.05) is 20.8 Å². The second kappa shape index (κ2) is 10.1. The summed E-state index contributed by atoms with van der Waals surface area (Å²) >= 11 is 0. The number of benzene rings is 2.